The number of nitriles is 1. The Hall–Kier alpha value is -3.05. The zero-order chi connectivity index (χ0) is 20.4. The number of nitrogens with two attached hydrogens (primary N) is 1. The molecule has 0 unspecified atom stereocenters. The van der Waals surface area contributed by atoms with Crippen molar-refractivity contribution in [1.29, 1.82) is 5.26 Å². The second kappa shape index (κ2) is 7.76. The van der Waals surface area contributed by atoms with Crippen molar-refractivity contribution in [2.45, 2.75) is 36.9 Å². The highest BCUT2D eigenvalue weighted by Crippen LogP contribution is 2.39. The molecule has 1 fully saturated rings. The van der Waals surface area contributed by atoms with E-state index in [-0.39, 0.29) is 17.6 Å². The summed E-state index contributed by atoms with van der Waals surface area (Å²) in [6.07, 6.45) is 2.50. The Bertz CT molecular complexity index is 1090. The molecule has 3 aromatic rings. The Morgan fingerprint density at radius 3 is 2.83 bits per heavy atom. The topological polar surface area (TPSA) is 110 Å². The summed E-state index contributed by atoms with van der Waals surface area (Å²) in [7, 11) is 0. The molecule has 3 N–H and O–H groups in total. The van der Waals surface area contributed by atoms with Gasteiger partial charge in [-0.05, 0) is 42.0 Å². The Labute approximate surface area is 173 Å². The first-order chi connectivity index (χ1) is 14.0. The van der Waals surface area contributed by atoms with Gasteiger partial charge in [-0.15, -0.1) is 10.2 Å². The van der Waals surface area contributed by atoms with Crippen LogP contribution >= 0.6 is 11.8 Å². The number of carbonyl (C=O) groups is 1. The molecule has 1 saturated carbocycles. The van der Waals surface area contributed by atoms with Gasteiger partial charge in [0, 0.05) is 6.42 Å². The molecule has 1 aromatic heterocycles. The largest absolute Gasteiger partial charge is 0.337 e. The smallest absolute Gasteiger partial charge is 0.231 e. The fraction of sp³-hybridized carbons (Fsp3) is 0.333. The van der Waals surface area contributed by atoms with Crippen LogP contribution in [0.4, 0.5) is 0 Å². The number of thioether (sulfide) groups is 1. The molecular formula is C21H22N6OS. The minimum atomic E-state index is -0.798. The summed E-state index contributed by atoms with van der Waals surface area (Å²) in [6, 6.07) is 16.5. The highest BCUT2D eigenvalue weighted by Gasteiger charge is 2.42. The Morgan fingerprint density at radius 2 is 2.07 bits per heavy atom. The molecule has 0 spiro atoms. The molecular weight excluding hydrogens is 384 g/mol. The van der Waals surface area contributed by atoms with Crippen molar-refractivity contribution in [3.05, 3.63) is 53.9 Å². The van der Waals surface area contributed by atoms with Crippen LogP contribution in [0.2, 0.25) is 0 Å². The highest BCUT2D eigenvalue weighted by atomic mass is 32.2. The molecule has 0 radical (unpaired) electrons. The van der Waals surface area contributed by atoms with Crippen molar-refractivity contribution in [2.75, 3.05) is 11.6 Å². The van der Waals surface area contributed by atoms with Crippen molar-refractivity contribution in [1.82, 2.24) is 20.2 Å². The van der Waals surface area contributed by atoms with Gasteiger partial charge in [-0.3, -0.25) is 4.79 Å². The average Bonchev–Trinajstić information content (AvgIpc) is 3.53. The Morgan fingerprint density at radius 1 is 1.31 bits per heavy atom. The maximum atomic E-state index is 12.3. The molecule has 1 aliphatic carbocycles. The molecule has 8 heteroatoms. The van der Waals surface area contributed by atoms with E-state index in [9.17, 15) is 10.1 Å². The fourth-order valence-electron chi connectivity index (χ4n) is 3.48. The van der Waals surface area contributed by atoms with Crippen LogP contribution in [0.15, 0.2) is 47.6 Å². The minimum Gasteiger partial charge on any atom is -0.337 e. The number of nitrogens with zero attached hydrogens (tertiary/aromatic N) is 4. The summed E-state index contributed by atoms with van der Waals surface area (Å²) >= 11 is 1.22. The van der Waals surface area contributed by atoms with Gasteiger partial charge in [-0.25, -0.2) is 4.68 Å². The monoisotopic (exact) mass is 406 g/mol. The van der Waals surface area contributed by atoms with Crippen LogP contribution in [-0.2, 0) is 11.2 Å². The normalized spacial score (nSPS) is 15.6. The van der Waals surface area contributed by atoms with Crippen LogP contribution in [0.3, 0.4) is 0 Å². The lowest BCUT2D eigenvalue weighted by atomic mass is 9.98. The van der Waals surface area contributed by atoms with Crippen LogP contribution in [0.5, 0.6) is 0 Å². The third-order valence-electron chi connectivity index (χ3n) is 5.32. The molecule has 1 aliphatic rings. The van der Waals surface area contributed by atoms with Gasteiger partial charge in [0.05, 0.1) is 11.8 Å². The van der Waals surface area contributed by atoms with E-state index in [0.717, 1.165) is 29.2 Å². The van der Waals surface area contributed by atoms with Gasteiger partial charge in [0.1, 0.15) is 5.54 Å². The molecule has 148 valence electrons. The van der Waals surface area contributed by atoms with Gasteiger partial charge in [0.2, 0.25) is 11.1 Å². The molecule has 1 heterocycles. The van der Waals surface area contributed by atoms with Gasteiger partial charge in [0.25, 0.3) is 0 Å². The predicted molar refractivity (Wildman–Crippen MR) is 113 cm³/mol. The quantitative estimate of drug-likeness (QED) is 0.461. The Balaban J connectivity index is 1.42. The summed E-state index contributed by atoms with van der Waals surface area (Å²) < 4.78 is 1.43. The lowest BCUT2D eigenvalue weighted by Gasteiger charge is -2.22. The number of hydrogen-bond donors (Lipinski definition) is 2. The summed E-state index contributed by atoms with van der Waals surface area (Å²) in [5.41, 5.74) is 0.318. The third-order valence-corrected chi connectivity index (χ3v) is 6.26. The molecule has 29 heavy (non-hydrogen) atoms. The van der Waals surface area contributed by atoms with Crippen molar-refractivity contribution in [3.8, 4) is 6.07 Å². The number of benzene rings is 2. The molecule has 2 aromatic carbocycles. The average molecular weight is 407 g/mol. The lowest BCUT2D eigenvalue weighted by molar-refractivity contribution is -0.119. The maximum absolute atomic E-state index is 12.3. The second-order valence-corrected chi connectivity index (χ2v) is 8.45. The van der Waals surface area contributed by atoms with E-state index in [1.807, 2.05) is 18.2 Å². The summed E-state index contributed by atoms with van der Waals surface area (Å²) in [5.74, 6) is 6.98. The van der Waals surface area contributed by atoms with E-state index >= 15 is 0 Å². The van der Waals surface area contributed by atoms with Gasteiger partial charge in [0.15, 0.2) is 5.82 Å². The van der Waals surface area contributed by atoms with Crippen molar-refractivity contribution in [3.63, 3.8) is 0 Å². The molecule has 4 rings (SSSR count). The molecule has 1 atom stereocenters. The molecule has 0 saturated heterocycles. The Kier molecular flexibility index (Phi) is 5.16. The first kappa shape index (κ1) is 19.3. The first-order valence-electron chi connectivity index (χ1n) is 9.51. The van der Waals surface area contributed by atoms with E-state index in [1.54, 1.807) is 6.92 Å². The third kappa shape index (κ3) is 4.05. The highest BCUT2D eigenvalue weighted by molar-refractivity contribution is 7.99. The number of fused-ring (bicyclic) bond motifs is 1. The minimum absolute atomic E-state index is 0.133. The number of hydrogen-bond acceptors (Lipinski definition) is 6. The van der Waals surface area contributed by atoms with E-state index in [0.29, 0.717) is 17.4 Å². The predicted octanol–water partition coefficient (Wildman–Crippen LogP) is 2.64. The number of aromatic nitrogens is 3. The number of carbonyl (C=O) groups excluding carboxylic acids is 1. The van der Waals surface area contributed by atoms with E-state index in [4.69, 9.17) is 5.84 Å². The lowest BCUT2D eigenvalue weighted by Crippen LogP contribution is -2.47. The number of nitrogen functional groups attached to an aromatic ring is 1. The van der Waals surface area contributed by atoms with Gasteiger partial charge < -0.3 is 11.2 Å². The number of rotatable bonds is 7. The van der Waals surface area contributed by atoms with Crippen LogP contribution in [0.1, 0.15) is 31.2 Å². The van der Waals surface area contributed by atoms with Crippen molar-refractivity contribution < 1.29 is 4.79 Å². The van der Waals surface area contributed by atoms with Gasteiger partial charge >= 0.3 is 0 Å². The zero-order valence-corrected chi connectivity index (χ0v) is 16.9. The maximum Gasteiger partial charge on any atom is 0.231 e. The van der Waals surface area contributed by atoms with Crippen molar-refractivity contribution in [2.24, 2.45) is 5.92 Å². The fourth-order valence-corrected chi connectivity index (χ4v) is 4.16. The van der Waals surface area contributed by atoms with E-state index in [2.05, 4.69) is 45.8 Å². The molecule has 1 amide bonds. The summed E-state index contributed by atoms with van der Waals surface area (Å²) in [4.78, 5) is 12.3. The zero-order valence-electron chi connectivity index (χ0n) is 16.1. The van der Waals surface area contributed by atoms with Crippen LogP contribution < -0.4 is 11.2 Å². The molecule has 0 aliphatic heterocycles. The SMILES string of the molecule is C[C@](C#N)(NC(=O)CSc1nnc(Cc2cccc3ccccc23)n1N)C1CC1. The van der Waals surface area contributed by atoms with E-state index in [1.165, 1.54) is 16.4 Å². The van der Waals surface area contributed by atoms with E-state index < -0.39 is 5.54 Å². The van der Waals surface area contributed by atoms with Crippen LogP contribution in [0.25, 0.3) is 10.8 Å². The first-order valence-corrected chi connectivity index (χ1v) is 10.5. The number of nitrogens with one attached hydrogen (secondary N) is 1. The molecule has 7 nitrogen and oxygen atoms in total. The molecule has 0 bridgehead atoms. The van der Waals surface area contributed by atoms with Crippen LogP contribution in [-0.4, -0.2) is 32.1 Å². The summed E-state index contributed by atoms with van der Waals surface area (Å²) in [5, 5.41) is 23.3. The van der Waals surface area contributed by atoms with Crippen LogP contribution in [0, 0.1) is 17.2 Å². The van der Waals surface area contributed by atoms with Gasteiger partial charge in [-0.1, -0.05) is 54.2 Å². The second-order valence-electron chi connectivity index (χ2n) is 7.51. The number of amides is 1. The summed E-state index contributed by atoms with van der Waals surface area (Å²) in [6.45, 7) is 1.78. The van der Waals surface area contributed by atoms with Gasteiger partial charge in [-0.2, -0.15) is 5.26 Å². The standard InChI is InChI=1S/C21H22N6OS/c1-21(13-22,16-9-10-16)24-19(28)12-29-20-26-25-18(27(20)23)11-15-7-4-6-14-5-2-3-8-17(14)15/h2-8,16H,9-12,23H2,1H3,(H,24,28)/t21-/m1/s1. The van der Waals surface area contributed by atoms with Crippen molar-refractivity contribution >= 4 is 28.4 Å².